The Morgan fingerprint density at radius 2 is 1.72 bits per heavy atom. The Balaban J connectivity index is 1.12. The molecular weight excluding hydrogens is 538 g/mol. The van der Waals surface area contributed by atoms with Crippen molar-refractivity contribution < 1.29 is 32.2 Å². The number of thioether (sulfide) groups is 1. The van der Waals surface area contributed by atoms with E-state index in [1.54, 1.807) is 12.1 Å². The number of epoxide rings is 1. The highest BCUT2D eigenvalue weighted by molar-refractivity contribution is 8.13. The van der Waals surface area contributed by atoms with Gasteiger partial charge < -0.3 is 24.3 Å². The summed E-state index contributed by atoms with van der Waals surface area (Å²) >= 11 is 1.25. The predicted molar refractivity (Wildman–Crippen MR) is 150 cm³/mol. The van der Waals surface area contributed by atoms with Crippen LogP contribution < -0.4 is 19.5 Å². The van der Waals surface area contributed by atoms with Gasteiger partial charge in [0.1, 0.15) is 29.1 Å². The van der Waals surface area contributed by atoms with Crippen molar-refractivity contribution in [2.75, 3.05) is 19.5 Å². The maximum absolute atomic E-state index is 11.8. The Bertz CT molecular complexity index is 1430. The molecule has 2 heterocycles. The molecule has 10 heteroatoms. The molecule has 0 spiro atoms. The maximum atomic E-state index is 11.8. The second kappa shape index (κ2) is 11.9. The molecule has 3 aromatic rings. The van der Waals surface area contributed by atoms with Crippen molar-refractivity contribution >= 4 is 26.8 Å². The van der Waals surface area contributed by atoms with Crippen molar-refractivity contribution in [1.82, 2.24) is 5.32 Å². The third-order valence-corrected chi connectivity index (χ3v) is 8.61. The lowest BCUT2D eigenvalue weighted by Gasteiger charge is -2.18. The van der Waals surface area contributed by atoms with E-state index in [1.807, 2.05) is 42.5 Å². The molecule has 0 saturated carbocycles. The number of hydrogen-bond donors (Lipinski definition) is 1. The van der Waals surface area contributed by atoms with Crippen molar-refractivity contribution in [3.63, 3.8) is 0 Å². The summed E-state index contributed by atoms with van der Waals surface area (Å²) in [5, 5.41) is 2.71. The summed E-state index contributed by atoms with van der Waals surface area (Å²) in [6, 6.07) is 19.9. The number of benzene rings is 3. The van der Waals surface area contributed by atoms with Crippen molar-refractivity contribution in [3.8, 4) is 23.0 Å². The third-order valence-electron chi connectivity index (χ3n) is 6.36. The molecule has 206 valence electrons. The molecule has 2 saturated heterocycles. The van der Waals surface area contributed by atoms with Crippen LogP contribution >= 0.6 is 11.8 Å². The molecule has 5 rings (SSSR count). The lowest BCUT2D eigenvalue weighted by molar-refractivity contribution is 0.246. The van der Waals surface area contributed by atoms with Gasteiger partial charge in [0.25, 0.3) is 5.24 Å². The number of carbonyl (C=O) groups excluding carboxylic acids is 1. The molecule has 39 heavy (non-hydrogen) atoms. The predicted octanol–water partition coefficient (Wildman–Crippen LogP) is 5.91. The van der Waals surface area contributed by atoms with E-state index in [0.29, 0.717) is 31.1 Å². The smallest absolute Gasteiger partial charge is 0.281 e. The number of carbonyl (C=O) groups is 1. The average Bonchev–Trinajstić information content (AvgIpc) is 3.69. The van der Waals surface area contributed by atoms with Gasteiger partial charge in [0, 0.05) is 12.7 Å². The molecule has 2 fully saturated rings. The molecule has 0 bridgehead atoms. The number of ether oxygens (including phenoxy) is 4. The summed E-state index contributed by atoms with van der Waals surface area (Å²) in [6.45, 7) is 3.11. The molecule has 3 unspecified atom stereocenters. The summed E-state index contributed by atoms with van der Waals surface area (Å²) in [6.07, 6.45) is 3.53. The highest BCUT2D eigenvalue weighted by Crippen LogP contribution is 2.47. The molecule has 1 N–H and O–H groups in total. The van der Waals surface area contributed by atoms with Gasteiger partial charge in [-0.2, -0.15) is 0 Å². The molecular formula is C29H31NO7S2. The fourth-order valence-corrected chi connectivity index (χ4v) is 6.06. The van der Waals surface area contributed by atoms with E-state index in [1.165, 1.54) is 30.2 Å². The van der Waals surface area contributed by atoms with E-state index >= 15 is 0 Å². The van der Waals surface area contributed by atoms with Gasteiger partial charge in [0.15, 0.2) is 16.1 Å². The standard InChI is InChI=1S/C29H31NO7S2/c1-3-6-19-17-23(36-21-9-12-24(13-10-21)39(2,32)33)11-14-25(19)35-16-5-15-34-22-8-4-7-20(18-22)27-26-28(37-26)30-29(31)38-27/h4,7-14,17-18,26-28H,3,5-6,15-16H2,1-2H3,(H,30,31). The summed E-state index contributed by atoms with van der Waals surface area (Å²) in [7, 11) is -3.25. The normalized spacial score (nSPS) is 20.1. The summed E-state index contributed by atoms with van der Waals surface area (Å²) in [5.74, 6) is 2.80. The first-order valence-electron chi connectivity index (χ1n) is 12.9. The van der Waals surface area contributed by atoms with E-state index in [4.69, 9.17) is 18.9 Å². The van der Waals surface area contributed by atoms with Gasteiger partial charge in [0.2, 0.25) is 0 Å². The molecule has 0 radical (unpaired) electrons. The fraction of sp³-hybridized carbons (Fsp3) is 0.345. The van der Waals surface area contributed by atoms with Gasteiger partial charge in [-0.3, -0.25) is 4.79 Å². The average molecular weight is 570 g/mol. The lowest BCUT2D eigenvalue weighted by Crippen LogP contribution is -2.31. The van der Waals surface area contributed by atoms with Crippen LogP contribution in [0.3, 0.4) is 0 Å². The van der Waals surface area contributed by atoms with E-state index in [2.05, 4.69) is 12.2 Å². The summed E-state index contributed by atoms with van der Waals surface area (Å²) < 4.78 is 46.9. The first kappa shape index (κ1) is 27.4. The number of fused-ring (bicyclic) bond motifs is 1. The van der Waals surface area contributed by atoms with Crippen LogP contribution in [0.1, 0.15) is 36.1 Å². The van der Waals surface area contributed by atoms with E-state index in [-0.39, 0.29) is 27.7 Å². The van der Waals surface area contributed by atoms with E-state index in [0.717, 1.165) is 35.5 Å². The first-order valence-corrected chi connectivity index (χ1v) is 15.7. The molecule has 2 aliphatic rings. The van der Waals surface area contributed by atoms with Crippen LogP contribution in [0.4, 0.5) is 4.79 Å². The van der Waals surface area contributed by atoms with Crippen LogP contribution in [0.15, 0.2) is 71.6 Å². The van der Waals surface area contributed by atoms with Gasteiger partial charge in [-0.15, -0.1) is 0 Å². The van der Waals surface area contributed by atoms with Crippen molar-refractivity contribution in [2.24, 2.45) is 0 Å². The fourth-order valence-electron chi connectivity index (χ4n) is 4.39. The minimum absolute atomic E-state index is 0.0193. The van der Waals surface area contributed by atoms with Crippen LogP contribution in [0.2, 0.25) is 0 Å². The minimum atomic E-state index is -3.25. The molecule has 3 aromatic carbocycles. The van der Waals surface area contributed by atoms with Crippen molar-refractivity contribution in [1.29, 1.82) is 0 Å². The summed E-state index contributed by atoms with van der Waals surface area (Å²) in [5.41, 5.74) is 2.07. The Kier molecular flexibility index (Phi) is 8.34. The van der Waals surface area contributed by atoms with Gasteiger partial charge in [-0.05, 0) is 72.1 Å². The SMILES string of the molecule is CCCc1cc(Oc2ccc(S(C)(=O)=O)cc2)ccc1OCCCOc1cccc(C2SC(=O)NC3OC32)c1. The zero-order valence-corrected chi connectivity index (χ0v) is 23.4. The monoisotopic (exact) mass is 569 g/mol. The Hall–Kier alpha value is -3.21. The van der Waals surface area contributed by atoms with Crippen molar-refractivity contribution in [3.05, 3.63) is 77.9 Å². The maximum Gasteiger partial charge on any atom is 0.281 e. The number of nitrogens with one attached hydrogen (secondary N) is 1. The van der Waals surface area contributed by atoms with Crippen LogP contribution in [-0.2, 0) is 21.0 Å². The van der Waals surface area contributed by atoms with Gasteiger partial charge in [-0.1, -0.05) is 37.2 Å². The number of rotatable bonds is 12. The van der Waals surface area contributed by atoms with Crippen LogP contribution in [0.25, 0.3) is 0 Å². The zero-order valence-electron chi connectivity index (χ0n) is 21.8. The van der Waals surface area contributed by atoms with Crippen molar-refractivity contribution in [2.45, 2.75) is 48.7 Å². The first-order chi connectivity index (χ1) is 18.8. The lowest BCUT2D eigenvalue weighted by atomic mass is 10.1. The van der Waals surface area contributed by atoms with E-state index in [9.17, 15) is 13.2 Å². The quantitative estimate of drug-likeness (QED) is 0.212. The Morgan fingerprint density at radius 1 is 0.949 bits per heavy atom. The summed E-state index contributed by atoms with van der Waals surface area (Å²) in [4.78, 5) is 12.1. The highest BCUT2D eigenvalue weighted by atomic mass is 32.2. The van der Waals surface area contributed by atoms with Crippen LogP contribution in [-0.4, -0.2) is 45.5 Å². The molecule has 0 aliphatic carbocycles. The Morgan fingerprint density at radius 3 is 2.49 bits per heavy atom. The van der Waals surface area contributed by atoms with E-state index < -0.39 is 9.84 Å². The van der Waals surface area contributed by atoms with Crippen LogP contribution in [0, 0.1) is 0 Å². The van der Waals surface area contributed by atoms with Crippen LogP contribution in [0.5, 0.6) is 23.0 Å². The number of sulfone groups is 1. The molecule has 0 aromatic heterocycles. The number of aryl methyl sites for hydroxylation is 1. The molecule has 3 atom stereocenters. The minimum Gasteiger partial charge on any atom is -0.493 e. The second-order valence-electron chi connectivity index (χ2n) is 9.48. The number of hydrogen-bond acceptors (Lipinski definition) is 8. The van der Waals surface area contributed by atoms with Gasteiger partial charge in [-0.25, -0.2) is 8.42 Å². The second-order valence-corrected chi connectivity index (χ2v) is 12.6. The highest BCUT2D eigenvalue weighted by Gasteiger charge is 2.51. The molecule has 2 aliphatic heterocycles. The van der Waals surface area contributed by atoms with Gasteiger partial charge in [0.05, 0.1) is 23.4 Å². The number of amides is 1. The molecule has 8 nitrogen and oxygen atoms in total. The molecule has 1 amide bonds. The third kappa shape index (κ3) is 7.06. The Labute approximate surface area is 232 Å². The van der Waals surface area contributed by atoms with Gasteiger partial charge >= 0.3 is 0 Å². The largest absolute Gasteiger partial charge is 0.493 e. The zero-order chi connectivity index (χ0) is 27.4. The topological polar surface area (TPSA) is 103 Å².